The van der Waals surface area contributed by atoms with Gasteiger partial charge >= 0.3 is 0 Å². The van der Waals surface area contributed by atoms with Gasteiger partial charge in [0.2, 0.25) is 29.5 Å². The number of Topliss-reactive ketones (excluding diaryl/α,β-unsaturated/α-hetero) is 1. The van der Waals surface area contributed by atoms with Crippen LogP contribution in [0.25, 0.3) is 0 Å². The first-order valence-electron chi connectivity index (χ1n) is 14.6. The number of amides is 5. The van der Waals surface area contributed by atoms with Crippen molar-refractivity contribution in [1.29, 1.82) is 0 Å². The SMILES string of the molecule is CCCCCC(NC(=O)C(C)N(C)C(=O)C(NC(=O)C(C)N(C)C(=O)CN(C)C(=O)C(CC)NC)C(C)C)C(C)=O. The minimum absolute atomic E-state index is 0.140. The smallest absolute Gasteiger partial charge is 0.245 e. The topological polar surface area (TPSA) is 148 Å². The second kappa shape index (κ2) is 18.4. The first kappa shape index (κ1) is 38.0. The molecule has 236 valence electrons. The molecule has 0 aromatic carbocycles. The maximum absolute atomic E-state index is 13.4. The van der Waals surface area contributed by atoms with Gasteiger partial charge in [-0.15, -0.1) is 0 Å². The number of hydrogen-bond donors (Lipinski definition) is 3. The van der Waals surface area contributed by atoms with Gasteiger partial charge in [0.15, 0.2) is 5.78 Å². The lowest BCUT2D eigenvalue weighted by molar-refractivity contribution is -0.145. The molecule has 0 aromatic heterocycles. The summed E-state index contributed by atoms with van der Waals surface area (Å²) in [5.74, 6) is -2.56. The van der Waals surface area contributed by atoms with Crippen molar-refractivity contribution in [3.63, 3.8) is 0 Å². The minimum Gasteiger partial charge on any atom is -0.345 e. The van der Waals surface area contributed by atoms with Crippen molar-refractivity contribution in [2.75, 3.05) is 34.7 Å². The highest BCUT2D eigenvalue weighted by molar-refractivity contribution is 5.95. The highest BCUT2D eigenvalue weighted by Crippen LogP contribution is 2.11. The third-order valence-corrected chi connectivity index (χ3v) is 7.60. The van der Waals surface area contributed by atoms with Gasteiger partial charge in [0, 0.05) is 21.1 Å². The number of carbonyl (C=O) groups is 6. The summed E-state index contributed by atoms with van der Waals surface area (Å²) < 4.78 is 0. The van der Waals surface area contributed by atoms with Gasteiger partial charge in [0.1, 0.15) is 18.1 Å². The van der Waals surface area contributed by atoms with E-state index in [0.717, 1.165) is 19.3 Å². The fourth-order valence-corrected chi connectivity index (χ4v) is 4.19. The summed E-state index contributed by atoms with van der Waals surface area (Å²) >= 11 is 0. The van der Waals surface area contributed by atoms with Gasteiger partial charge in [0.05, 0.1) is 18.6 Å². The molecule has 0 aliphatic rings. The molecule has 5 atom stereocenters. The fourth-order valence-electron chi connectivity index (χ4n) is 4.19. The summed E-state index contributed by atoms with van der Waals surface area (Å²) in [4.78, 5) is 80.6. The van der Waals surface area contributed by atoms with Gasteiger partial charge in [-0.2, -0.15) is 0 Å². The van der Waals surface area contributed by atoms with Crippen molar-refractivity contribution in [3.05, 3.63) is 0 Å². The van der Waals surface area contributed by atoms with Crippen molar-refractivity contribution < 1.29 is 28.8 Å². The lowest BCUT2D eigenvalue weighted by atomic mass is 10.0. The molecule has 0 fully saturated rings. The fraction of sp³-hybridized carbons (Fsp3) is 0.793. The molecule has 0 bridgehead atoms. The maximum Gasteiger partial charge on any atom is 0.245 e. The standard InChI is InChI=1S/C29H54N6O6/c1-12-14-15-16-23(21(7)36)31-26(38)20(6)35(11)29(41)25(18(3)4)32-27(39)19(5)34(10)24(37)17-33(9)28(40)22(13-2)30-8/h18-20,22-23,25,30H,12-17H2,1-11H3,(H,31,38)(H,32,39). The van der Waals surface area contributed by atoms with Crippen molar-refractivity contribution >= 4 is 35.3 Å². The van der Waals surface area contributed by atoms with E-state index in [-0.39, 0.29) is 24.2 Å². The van der Waals surface area contributed by atoms with E-state index in [0.29, 0.717) is 12.8 Å². The van der Waals surface area contributed by atoms with Gasteiger partial charge in [-0.25, -0.2) is 0 Å². The number of unbranched alkanes of at least 4 members (excludes halogenated alkanes) is 2. The quantitative estimate of drug-likeness (QED) is 0.204. The Morgan fingerprint density at radius 2 is 1.27 bits per heavy atom. The molecular weight excluding hydrogens is 528 g/mol. The van der Waals surface area contributed by atoms with Crippen LogP contribution < -0.4 is 16.0 Å². The molecule has 5 amide bonds. The molecule has 5 unspecified atom stereocenters. The van der Waals surface area contributed by atoms with Crippen LogP contribution in [0, 0.1) is 5.92 Å². The zero-order chi connectivity index (χ0) is 32.0. The molecule has 41 heavy (non-hydrogen) atoms. The number of nitrogens with one attached hydrogen (secondary N) is 3. The molecule has 0 spiro atoms. The Hall–Kier alpha value is -3.02. The van der Waals surface area contributed by atoms with E-state index in [4.69, 9.17) is 0 Å². The summed E-state index contributed by atoms with van der Waals surface area (Å²) in [6.45, 7) is 11.8. The van der Waals surface area contributed by atoms with Crippen molar-refractivity contribution in [3.8, 4) is 0 Å². The Bertz CT molecular complexity index is 906. The third-order valence-electron chi connectivity index (χ3n) is 7.60. The van der Waals surface area contributed by atoms with Crippen LogP contribution in [0.5, 0.6) is 0 Å². The summed E-state index contributed by atoms with van der Waals surface area (Å²) in [6, 6.07) is -3.78. The molecule has 0 aromatic rings. The van der Waals surface area contributed by atoms with Gasteiger partial charge in [-0.05, 0) is 46.6 Å². The Kier molecular flexibility index (Phi) is 17.1. The lowest BCUT2D eigenvalue weighted by Crippen LogP contribution is -2.58. The van der Waals surface area contributed by atoms with E-state index >= 15 is 0 Å². The van der Waals surface area contributed by atoms with Crippen molar-refractivity contribution in [1.82, 2.24) is 30.7 Å². The largest absolute Gasteiger partial charge is 0.345 e. The lowest BCUT2D eigenvalue weighted by Gasteiger charge is -2.33. The van der Waals surface area contributed by atoms with E-state index in [9.17, 15) is 28.8 Å². The molecule has 0 saturated carbocycles. The molecular formula is C29H54N6O6. The molecule has 3 N–H and O–H groups in total. The highest BCUT2D eigenvalue weighted by atomic mass is 16.2. The van der Waals surface area contributed by atoms with Gasteiger partial charge < -0.3 is 30.7 Å². The Morgan fingerprint density at radius 1 is 0.732 bits per heavy atom. The van der Waals surface area contributed by atoms with Crippen molar-refractivity contribution in [2.24, 2.45) is 5.92 Å². The molecule has 0 aliphatic heterocycles. The summed E-state index contributed by atoms with van der Waals surface area (Å²) in [7, 11) is 6.16. The van der Waals surface area contributed by atoms with Gasteiger partial charge in [-0.3, -0.25) is 28.8 Å². The number of likely N-dealkylation sites (N-methyl/N-ethyl adjacent to an activating group) is 4. The van der Waals surface area contributed by atoms with Crippen LogP contribution in [0.15, 0.2) is 0 Å². The number of rotatable bonds is 18. The average molecular weight is 583 g/mol. The number of ketones is 1. The van der Waals surface area contributed by atoms with E-state index < -0.39 is 53.8 Å². The zero-order valence-corrected chi connectivity index (χ0v) is 27.0. The Labute approximate surface area is 246 Å². The first-order chi connectivity index (χ1) is 19.0. The van der Waals surface area contributed by atoms with Crippen LogP contribution in [0.1, 0.15) is 80.6 Å². The second-order valence-electron chi connectivity index (χ2n) is 11.1. The second-order valence-corrected chi connectivity index (χ2v) is 11.1. The summed E-state index contributed by atoms with van der Waals surface area (Å²) in [5, 5.41) is 8.40. The van der Waals surface area contributed by atoms with E-state index in [2.05, 4.69) is 22.9 Å². The third kappa shape index (κ3) is 11.8. The zero-order valence-electron chi connectivity index (χ0n) is 27.0. The molecule has 0 saturated heterocycles. The molecule has 0 heterocycles. The maximum atomic E-state index is 13.4. The normalized spacial score (nSPS) is 14.7. The van der Waals surface area contributed by atoms with Crippen LogP contribution in [-0.2, 0) is 28.8 Å². The van der Waals surface area contributed by atoms with Crippen LogP contribution in [0.4, 0.5) is 0 Å². The summed E-state index contributed by atoms with van der Waals surface area (Å²) in [5.41, 5.74) is 0. The Balaban J connectivity index is 5.39. The van der Waals surface area contributed by atoms with E-state index in [1.807, 2.05) is 6.92 Å². The monoisotopic (exact) mass is 582 g/mol. The minimum atomic E-state index is -0.952. The number of nitrogens with zero attached hydrogens (tertiary/aromatic N) is 3. The molecule has 12 nitrogen and oxygen atoms in total. The van der Waals surface area contributed by atoms with Gasteiger partial charge in [-0.1, -0.05) is 47.0 Å². The molecule has 0 radical (unpaired) electrons. The van der Waals surface area contributed by atoms with E-state index in [1.54, 1.807) is 34.7 Å². The average Bonchev–Trinajstić information content (AvgIpc) is 2.93. The summed E-state index contributed by atoms with van der Waals surface area (Å²) in [6.07, 6.45) is 3.85. The Morgan fingerprint density at radius 3 is 1.73 bits per heavy atom. The number of carbonyl (C=O) groups excluding carboxylic acids is 6. The van der Waals surface area contributed by atoms with Crippen LogP contribution in [0.3, 0.4) is 0 Å². The van der Waals surface area contributed by atoms with Crippen molar-refractivity contribution in [2.45, 2.75) is 111 Å². The molecule has 0 rings (SSSR count). The highest BCUT2D eigenvalue weighted by Gasteiger charge is 2.34. The van der Waals surface area contributed by atoms with E-state index in [1.165, 1.54) is 42.8 Å². The predicted molar refractivity (Wildman–Crippen MR) is 159 cm³/mol. The van der Waals surface area contributed by atoms with Crippen LogP contribution in [0.2, 0.25) is 0 Å². The van der Waals surface area contributed by atoms with Gasteiger partial charge in [0.25, 0.3) is 0 Å². The number of hydrogen-bond acceptors (Lipinski definition) is 7. The predicted octanol–water partition coefficient (Wildman–Crippen LogP) is 0.932. The first-order valence-corrected chi connectivity index (χ1v) is 14.6. The van der Waals surface area contributed by atoms with Crippen LogP contribution in [-0.4, -0.2) is 115 Å². The van der Waals surface area contributed by atoms with Crippen LogP contribution >= 0.6 is 0 Å². The molecule has 0 aliphatic carbocycles. The molecule has 12 heteroatoms.